The van der Waals surface area contributed by atoms with Crippen LogP contribution in [0.15, 0.2) is 36.4 Å². The molecule has 1 amide bonds. The zero-order valence-corrected chi connectivity index (χ0v) is 12.8. The highest BCUT2D eigenvalue weighted by atomic mass is 16.5. The van der Waals surface area contributed by atoms with Crippen LogP contribution in [-0.4, -0.2) is 40.7 Å². The smallest absolute Gasteiger partial charge is 0.274 e. The van der Waals surface area contributed by atoms with Crippen LogP contribution in [0.4, 0.5) is 0 Å². The first kappa shape index (κ1) is 14.6. The van der Waals surface area contributed by atoms with Gasteiger partial charge < -0.3 is 9.64 Å². The molecule has 1 aromatic carbocycles. The highest BCUT2D eigenvalue weighted by molar-refractivity contribution is 5.92. The second-order valence-corrected chi connectivity index (χ2v) is 5.80. The average Bonchev–Trinajstić information content (AvgIpc) is 3.00. The Hall–Kier alpha value is -2.30. The zero-order valence-electron chi connectivity index (χ0n) is 12.8. The number of para-hydroxylation sites is 1. The Labute approximate surface area is 130 Å². The largest absolute Gasteiger partial charge is 0.493 e. The van der Waals surface area contributed by atoms with E-state index in [9.17, 15) is 4.79 Å². The topological polar surface area (TPSA) is 58.2 Å². The molecule has 1 saturated heterocycles. The van der Waals surface area contributed by atoms with Gasteiger partial charge in [0.05, 0.1) is 6.61 Å². The number of aromatic amines is 1. The van der Waals surface area contributed by atoms with Gasteiger partial charge in [-0.1, -0.05) is 18.2 Å². The van der Waals surface area contributed by atoms with Crippen LogP contribution in [0.1, 0.15) is 29.0 Å². The minimum Gasteiger partial charge on any atom is -0.493 e. The van der Waals surface area contributed by atoms with Crippen molar-refractivity contribution in [3.8, 4) is 5.75 Å². The number of nitrogens with one attached hydrogen (secondary N) is 1. The van der Waals surface area contributed by atoms with E-state index in [0.29, 0.717) is 18.2 Å². The monoisotopic (exact) mass is 299 g/mol. The molecule has 0 aliphatic carbocycles. The van der Waals surface area contributed by atoms with E-state index in [1.54, 1.807) is 6.07 Å². The van der Waals surface area contributed by atoms with Gasteiger partial charge in [-0.15, -0.1) is 0 Å². The molecule has 0 unspecified atom stereocenters. The van der Waals surface area contributed by atoms with Gasteiger partial charge in [-0.3, -0.25) is 9.89 Å². The van der Waals surface area contributed by atoms with E-state index >= 15 is 0 Å². The second-order valence-electron chi connectivity index (χ2n) is 5.80. The highest BCUT2D eigenvalue weighted by Gasteiger charge is 2.25. The second kappa shape index (κ2) is 6.64. The lowest BCUT2D eigenvalue weighted by atomic mass is 9.97. The number of likely N-dealkylation sites (tertiary alicyclic amines) is 1. The molecule has 22 heavy (non-hydrogen) atoms. The number of ether oxygens (including phenoxy) is 1. The minimum absolute atomic E-state index is 0.0202. The van der Waals surface area contributed by atoms with Crippen LogP contribution in [0, 0.1) is 12.8 Å². The van der Waals surface area contributed by atoms with Gasteiger partial charge in [0.15, 0.2) is 0 Å². The predicted octanol–water partition coefficient (Wildman–Crippen LogP) is 2.65. The average molecular weight is 299 g/mol. The van der Waals surface area contributed by atoms with Crippen molar-refractivity contribution in [3.05, 3.63) is 47.8 Å². The number of carbonyl (C=O) groups excluding carboxylic acids is 1. The molecule has 0 radical (unpaired) electrons. The van der Waals surface area contributed by atoms with Gasteiger partial charge in [-0.05, 0) is 43.9 Å². The van der Waals surface area contributed by atoms with Crippen LogP contribution < -0.4 is 4.74 Å². The quantitative estimate of drug-likeness (QED) is 0.944. The van der Waals surface area contributed by atoms with E-state index in [2.05, 4.69) is 10.2 Å². The maximum Gasteiger partial charge on any atom is 0.274 e. The Bertz CT molecular complexity index is 616. The maximum absolute atomic E-state index is 12.3. The summed E-state index contributed by atoms with van der Waals surface area (Å²) >= 11 is 0. The van der Waals surface area contributed by atoms with E-state index in [4.69, 9.17) is 4.74 Å². The Kier molecular flexibility index (Phi) is 4.42. The molecule has 0 bridgehead atoms. The molecule has 0 saturated carbocycles. The molecule has 116 valence electrons. The first-order chi connectivity index (χ1) is 10.7. The number of piperidine rings is 1. The number of hydrogen-bond donors (Lipinski definition) is 1. The first-order valence-electron chi connectivity index (χ1n) is 7.71. The van der Waals surface area contributed by atoms with Crippen molar-refractivity contribution >= 4 is 5.91 Å². The van der Waals surface area contributed by atoms with E-state index in [1.165, 1.54) is 0 Å². The number of H-pyrrole nitrogens is 1. The fraction of sp³-hybridized carbons (Fsp3) is 0.412. The molecule has 1 N–H and O–H groups in total. The van der Waals surface area contributed by atoms with Gasteiger partial charge in [0.25, 0.3) is 5.91 Å². The minimum atomic E-state index is 0.0202. The SMILES string of the molecule is Cc1cc(C(=O)N2CCC(COc3ccccc3)CC2)n[nH]1. The summed E-state index contributed by atoms with van der Waals surface area (Å²) in [6, 6.07) is 11.7. The van der Waals surface area contributed by atoms with Crippen LogP contribution in [-0.2, 0) is 0 Å². The Balaban J connectivity index is 1.47. The van der Waals surface area contributed by atoms with Crippen LogP contribution in [0.25, 0.3) is 0 Å². The van der Waals surface area contributed by atoms with Crippen molar-refractivity contribution < 1.29 is 9.53 Å². The lowest BCUT2D eigenvalue weighted by Crippen LogP contribution is -2.39. The fourth-order valence-corrected chi connectivity index (χ4v) is 2.72. The number of nitrogens with zero attached hydrogens (tertiary/aromatic N) is 2. The lowest BCUT2D eigenvalue weighted by molar-refractivity contribution is 0.0655. The van der Waals surface area contributed by atoms with Crippen molar-refractivity contribution in [2.75, 3.05) is 19.7 Å². The molecule has 1 aliphatic heterocycles. The number of amides is 1. The van der Waals surface area contributed by atoms with E-state index < -0.39 is 0 Å². The van der Waals surface area contributed by atoms with Gasteiger partial charge in [-0.25, -0.2) is 0 Å². The maximum atomic E-state index is 12.3. The van der Waals surface area contributed by atoms with E-state index in [0.717, 1.165) is 37.4 Å². The Morgan fingerprint density at radius 2 is 2.05 bits per heavy atom. The van der Waals surface area contributed by atoms with E-state index in [1.807, 2.05) is 42.2 Å². The molecule has 2 aromatic rings. The summed E-state index contributed by atoms with van der Waals surface area (Å²) in [7, 11) is 0. The Morgan fingerprint density at radius 1 is 1.32 bits per heavy atom. The van der Waals surface area contributed by atoms with Crippen LogP contribution in [0.3, 0.4) is 0 Å². The van der Waals surface area contributed by atoms with Crippen molar-refractivity contribution in [2.24, 2.45) is 5.92 Å². The summed E-state index contributed by atoms with van der Waals surface area (Å²) in [5, 5.41) is 6.86. The van der Waals surface area contributed by atoms with Gasteiger partial charge in [-0.2, -0.15) is 5.10 Å². The van der Waals surface area contributed by atoms with Gasteiger partial charge >= 0.3 is 0 Å². The molecule has 1 aliphatic rings. The number of rotatable bonds is 4. The number of aromatic nitrogens is 2. The van der Waals surface area contributed by atoms with E-state index in [-0.39, 0.29) is 5.91 Å². The molecule has 3 rings (SSSR count). The summed E-state index contributed by atoms with van der Waals surface area (Å²) in [5.74, 6) is 1.44. The number of benzene rings is 1. The molecular weight excluding hydrogens is 278 g/mol. The summed E-state index contributed by atoms with van der Waals surface area (Å²) < 4.78 is 5.81. The van der Waals surface area contributed by atoms with Crippen molar-refractivity contribution in [3.63, 3.8) is 0 Å². The van der Waals surface area contributed by atoms with Crippen LogP contribution in [0.2, 0.25) is 0 Å². The van der Waals surface area contributed by atoms with Crippen molar-refractivity contribution in [1.82, 2.24) is 15.1 Å². The predicted molar refractivity (Wildman–Crippen MR) is 83.9 cm³/mol. The molecular formula is C17H21N3O2. The summed E-state index contributed by atoms with van der Waals surface area (Å²) in [6.07, 6.45) is 1.95. The fourth-order valence-electron chi connectivity index (χ4n) is 2.72. The third-order valence-corrected chi connectivity index (χ3v) is 4.06. The first-order valence-corrected chi connectivity index (χ1v) is 7.71. The normalized spacial score (nSPS) is 15.8. The zero-order chi connectivity index (χ0) is 15.4. The number of hydrogen-bond acceptors (Lipinski definition) is 3. The molecule has 5 nitrogen and oxygen atoms in total. The Morgan fingerprint density at radius 3 is 2.68 bits per heavy atom. The third kappa shape index (κ3) is 3.47. The molecule has 1 aromatic heterocycles. The van der Waals surface area contributed by atoms with Gasteiger partial charge in [0, 0.05) is 18.8 Å². The standard InChI is InChI=1S/C17H21N3O2/c1-13-11-16(19-18-13)17(21)20-9-7-14(8-10-20)12-22-15-5-3-2-4-6-15/h2-6,11,14H,7-10,12H2,1H3,(H,18,19). The van der Waals surface area contributed by atoms with Crippen molar-refractivity contribution in [1.29, 1.82) is 0 Å². The third-order valence-electron chi connectivity index (χ3n) is 4.06. The van der Waals surface area contributed by atoms with Crippen molar-refractivity contribution in [2.45, 2.75) is 19.8 Å². The lowest BCUT2D eigenvalue weighted by Gasteiger charge is -2.31. The number of carbonyl (C=O) groups is 1. The molecule has 5 heteroatoms. The highest BCUT2D eigenvalue weighted by Crippen LogP contribution is 2.20. The van der Waals surface area contributed by atoms with Crippen LogP contribution in [0.5, 0.6) is 5.75 Å². The number of aryl methyl sites for hydroxylation is 1. The molecule has 0 atom stereocenters. The molecule has 1 fully saturated rings. The molecule has 2 heterocycles. The summed E-state index contributed by atoms with van der Waals surface area (Å²) in [4.78, 5) is 14.2. The summed E-state index contributed by atoms with van der Waals surface area (Å²) in [5.41, 5.74) is 1.42. The van der Waals surface area contributed by atoms with Gasteiger partial charge in [0.1, 0.15) is 11.4 Å². The van der Waals surface area contributed by atoms with Crippen LogP contribution >= 0.6 is 0 Å². The van der Waals surface area contributed by atoms with Gasteiger partial charge in [0.2, 0.25) is 0 Å². The molecule has 0 spiro atoms. The summed E-state index contributed by atoms with van der Waals surface area (Å²) in [6.45, 7) is 4.16.